The maximum absolute atomic E-state index is 12.9. The van der Waals surface area contributed by atoms with Gasteiger partial charge in [-0.2, -0.15) is 5.26 Å². The molecule has 0 bridgehead atoms. The van der Waals surface area contributed by atoms with Gasteiger partial charge in [-0.1, -0.05) is 79.9 Å². The summed E-state index contributed by atoms with van der Waals surface area (Å²) >= 11 is 0. The maximum Gasteiger partial charge on any atom is 0.265 e. The largest absolute Gasteiger partial charge is 0.379 e. The standard InChI is InChI=1S/C24H27N3O/c1-27(22-15-9-4-10-16-22)24(28)21(17-25)18-26-23(19-11-5-2-6-12-19)20-13-7-3-8-14-20/h2-3,5-8,11-14,18,22-23,26H,4,9-10,15-16H2,1H3/b21-18-. The van der Waals surface area contributed by atoms with E-state index in [4.69, 9.17) is 0 Å². The Morgan fingerprint density at radius 3 is 2.07 bits per heavy atom. The number of likely N-dealkylation sites (N-methyl/N-ethyl adjacent to an activating group) is 1. The van der Waals surface area contributed by atoms with Crippen molar-refractivity contribution in [1.82, 2.24) is 10.2 Å². The molecule has 4 heteroatoms. The Morgan fingerprint density at radius 1 is 1.04 bits per heavy atom. The molecule has 0 aromatic heterocycles. The van der Waals surface area contributed by atoms with Crippen LogP contribution in [0.1, 0.15) is 49.3 Å². The van der Waals surface area contributed by atoms with Crippen LogP contribution in [-0.2, 0) is 4.79 Å². The highest BCUT2D eigenvalue weighted by atomic mass is 16.2. The number of rotatable bonds is 6. The molecule has 1 aliphatic rings. The molecule has 1 saturated carbocycles. The second-order valence-electron chi connectivity index (χ2n) is 7.30. The van der Waals surface area contributed by atoms with Crippen molar-refractivity contribution < 1.29 is 4.79 Å². The van der Waals surface area contributed by atoms with Crippen molar-refractivity contribution in [3.8, 4) is 6.07 Å². The van der Waals surface area contributed by atoms with Crippen molar-refractivity contribution in [3.05, 3.63) is 83.6 Å². The average molecular weight is 374 g/mol. The highest BCUT2D eigenvalue weighted by Gasteiger charge is 2.24. The Kier molecular flexibility index (Phi) is 6.86. The quantitative estimate of drug-likeness (QED) is 0.596. The van der Waals surface area contributed by atoms with Gasteiger partial charge in [0.1, 0.15) is 11.6 Å². The number of amides is 1. The van der Waals surface area contributed by atoms with E-state index in [1.807, 2.05) is 67.7 Å². The van der Waals surface area contributed by atoms with Crippen LogP contribution in [0.2, 0.25) is 0 Å². The molecule has 0 unspecified atom stereocenters. The van der Waals surface area contributed by atoms with Crippen LogP contribution in [0.4, 0.5) is 0 Å². The van der Waals surface area contributed by atoms with Gasteiger partial charge in [-0.3, -0.25) is 4.79 Å². The summed E-state index contributed by atoms with van der Waals surface area (Å²) in [4.78, 5) is 14.6. The zero-order valence-corrected chi connectivity index (χ0v) is 16.3. The fourth-order valence-electron chi connectivity index (χ4n) is 3.81. The molecular formula is C24H27N3O. The summed E-state index contributed by atoms with van der Waals surface area (Å²) in [6.07, 6.45) is 7.14. The minimum atomic E-state index is -0.207. The first-order valence-electron chi connectivity index (χ1n) is 9.94. The number of hydrogen-bond acceptors (Lipinski definition) is 3. The van der Waals surface area contributed by atoms with Crippen LogP contribution in [0.15, 0.2) is 72.4 Å². The van der Waals surface area contributed by atoms with Crippen molar-refractivity contribution in [3.63, 3.8) is 0 Å². The van der Waals surface area contributed by atoms with E-state index in [1.54, 1.807) is 11.1 Å². The number of nitriles is 1. The number of carbonyl (C=O) groups is 1. The third kappa shape index (κ3) is 4.80. The number of hydrogen-bond donors (Lipinski definition) is 1. The molecule has 0 spiro atoms. The first-order chi connectivity index (χ1) is 13.7. The molecule has 0 aliphatic heterocycles. The van der Waals surface area contributed by atoms with E-state index in [-0.39, 0.29) is 23.6 Å². The fraction of sp³-hybridized carbons (Fsp3) is 0.333. The molecule has 2 aromatic carbocycles. The van der Waals surface area contributed by atoms with Gasteiger partial charge in [-0.25, -0.2) is 0 Å². The third-order valence-electron chi connectivity index (χ3n) is 5.45. The number of nitrogens with zero attached hydrogens (tertiary/aromatic N) is 2. The SMILES string of the molecule is CN(C(=O)/C(C#N)=C\NC(c1ccccc1)c1ccccc1)C1CCCCC1. The molecule has 0 atom stereocenters. The van der Waals surface area contributed by atoms with E-state index >= 15 is 0 Å². The predicted octanol–water partition coefficient (Wildman–Crippen LogP) is 4.56. The van der Waals surface area contributed by atoms with Gasteiger partial charge in [0.2, 0.25) is 0 Å². The van der Waals surface area contributed by atoms with Crippen LogP contribution in [0.5, 0.6) is 0 Å². The molecule has 3 rings (SSSR count). The maximum atomic E-state index is 12.9. The van der Waals surface area contributed by atoms with Gasteiger partial charge < -0.3 is 10.2 Å². The van der Waals surface area contributed by atoms with Gasteiger partial charge in [0.15, 0.2) is 0 Å². The summed E-state index contributed by atoms with van der Waals surface area (Å²) in [5.74, 6) is -0.207. The van der Waals surface area contributed by atoms with Gasteiger partial charge in [0.05, 0.1) is 6.04 Å². The minimum Gasteiger partial charge on any atom is -0.379 e. The van der Waals surface area contributed by atoms with Gasteiger partial charge in [-0.05, 0) is 24.0 Å². The lowest BCUT2D eigenvalue weighted by Crippen LogP contribution is -2.39. The lowest BCUT2D eigenvalue weighted by Gasteiger charge is -2.31. The highest BCUT2D eigenvalue weighted by molar-refractivity contribution is 5.97. The lowest BCUT2D eigenvalue weighted by molar-refractivity contribution is -0.128. The van der Waals surface area contributed by atoms with Crippen LogP contribution in [-0.4, -0.2) is 23.9 Å². The van der Waals surface area contributed by atoms with Crippen molar-refractivity contribution in [1.29, 1.82) is 5.26 Å². The van der Waals surface area contributed by atoms with E-state index in [0.717, 1.165) is 36.8 Å². The highest BCUT2D eigenvalue weighted by Crippen LogP contribution is 2.24. The Balaban J connectivity index is 1.80. The Bertz CT molecular complexity index is 794. The molecule has 1 N–H and O–H groups in total. The van der Waals surface area contributed by atoms with Crippen LogP contribution in [0.3, 0.4) is 0 Å². The Hall–Kier alpha value is -3.06. The average Bonchev–Trinajstić information content (AvgIpc) is 2.78. The zero-order valence-electron chi connectivity index (χ0n) is 16.3. The normalized spacial score (nSPS) is 15.1. The number of carbonyl (C=O) groups excluding carboxylic acids is 1. The summed E-state index contributed by atoms with van der Waals surface area (Å²) in [5, 5.41) is 12.9. The van der Waals surface area contributed by atoms with Gasteiger partial charge in [-0.15, -0.1) is 0 Å². The number of nitrogens with one attached hydrogen (secondary N) is 1. The fourth-order valence-corrected chi connectivity index (χ4v) is 3.81. The van der Waals surface area contributed by atoms with Gasteiger partial charge >= 0.3 is 0 Å². The Labute approximate surface area is 167 Å². The molecule has 1 aliphatic carbocycles. The molecular weight excluding hydrogens is 346 g/mol. The lowest BCUT2D eigenvalue weighted by atomic mass is 9.94. The van der Waals surface area contributed by atoms with E-state index in [0.29, 0.717) is 0 Å². The smallest absolute Gasteiger partial charge is 0.265 e. The zero-order chi connectivity index (χ0) is 19.8. The monoisotopic (exact) mass is 373 g/mol. The summed E-state index contributed by atoms with van der Waals surface area (Å²) in [7, 11) is 1.81. The summed E-state index contributed by atoms with van der Waals surface area (Å²) in [5.41, 5.74) is 2.30. The molecule has 28 heavy (non-hydrogen) atoms. The molecule has 2 aromatic rings. The molecule has 1 amide bonds. The molecule has 0 heterocycles. The van der Waals surface area contributed by atoms with E-state index in [1.165, 1.54) is 6.42 Å². The molecule has 4 nitrogen and oxygen atoms in total. The molecule has 0 radical (unpaired) electrons. The first kappa shape index (κ1) is 19.7. The summed E-state index contributed by atoms with van der Waals surface area (Å²) in [6.45, 7) is 0. The molecule has 0 saturated heterocycles. The number of benzene rings is 2. The molecule has 1 fully saturated rings. The van der Waals surface area contributed by atoms with Gasteiger partial charge in [0, 0.05) is 19.3 Å². The molecule has 144 valence electrons. The van der Waals surface area contributed by atoms with Crippen molar-refractivity contribution in [2.24, 2.45) is 0 Å². The van der Waals surface area contributed by atoms with E-state index in [9.17, 15) is 10.1 Å². The van der Waals surface area contributed by atoms with Crippen molar-refractivity contribution >= 4 is 5.91 Å². The predicted molar refractivity (Wildman–Crippen MR) is 111 cm³/mol. The summed E-state index contributed by atoms with van der Waals surface area (Å²) < 4.78 is 0. The van der Waals surface area contributed by atoms with E-state index in [2.05, 4.69) is 11.4 Å². The minimum absolute atomic E-state index is 0.126. The van der Waals surface area contributed by atoms with Crippen LogP contribution in [0, 0.1) is 11.3 Å². The topological polar surface area (TPSA) is 56.1 Å². The first-order valence-corrected chi connectivity index (χ1v) is 9.94. The second kappa shape index (κ2) is 9.75. The third-order valence-corrected chi connectivity index (χ3v) is 5.45. The van der Waals surface area contributed by atoms with Crippen LogP contribution in [0.25, 0.3) is 0 Å². The summed E-state index contributed by atoms with van der Waals surface area (Å²) in [6, 6.07) is 22.3. The second-order valence-corrected chi connectivity index (χ2v) is 7.30. The van der Waals surface area contributed by atoms with Crippen molar-refractivity contribution in [2.75, 3.05) is 7.05 Å². The van der Waals surface area contributed by atoms with Crippen molar-refractivity contribution in [2.45, 2.75) is 44.2 Å². The van der Waals surface area contributed by atoms with Crippen LogP contribution < -0.4 is 5.32 Å². The Morgan fingerprint density at radius 2 is 1.57 bits per heavy atom. The van der Waals surface area contributed by atoms with E-state index < -0.39 is 0 Å². The van der Waals surface area contributed by atoms with Gasteiger partial charge in [0.25, 0.3) is 5.91 Å². The van der Waals surface area contributed by atoms with Crippen LogP contribution >= 0.6 is 0 Å².